The van der Waals surface area contributed by atoms with E-state index in [4.69, 9.17) is 9.26 Å². The fraction of sp³-hybridized carbons (Fsp3) is 0.706. The molecule has 1 aromatic heterocycles. The number of guanidine groups is 1. The van der Waals surface area contributed by atoms with E-state index in [2.05, 4.69) is 20.4 Å². The summed E-state index contributed by atoms with van der Waals surface area (Å²) < 4.78 is 10.3. The zero-order chi connectivity index (χ0) is 17.5. The van der Waals surface area contributed by atoms with Crippen molar-refractivity contribution in [3.63, 3.8) is 0 Å². The summed E-state index contributed by atoms with van der Waals surface area (Å²) in [5, 5.41) is 7.37. The third-order valence-corrected chi connectivity index (χ3v) is 4.47. The number of hydrogen-bond acceptors (Lipinski definition) is 5. The van der Waals surface area contributed by atoms with Gasteiger partial charge in [0.05, 0.1) is 18.2 Å². The second kappa shape index (κ2) is 10.6. The smallest absolute Gasteiger partial charge is 0.309 e. The lowest BCUT2D eigenvalue weighted by Crippen LogP contribution is -2.47. The van der Waals surface area contributed by atoms with Crippen LogP contribution in [0.15, 0.2) is 9.52 Å². The molecule has 1 aliphatic rings. The van der Waals surface area contributed by atoms with Crippen LogP contribution >= 0.6 is 24.0 Å². The number of aliphatic imine (C=N–C) groups is 1. The van der Waals surface area contributed by atoms with Crippen LogP contribution in [0.2, 0.25) is 0 Å². The van der Waals surface area contributed by atoms with Crippen molar-refractivity contribution >= 4 is 35.9 Å². The maximum absolute atomic E-state index is 11.8. The first kappa shape index (κ1) is 21.7. The van der Waals surface area contributed by atoms with Gasteiger partial charge in [-0.3, -0.25) is 9.79 Å². The molecule has 0 atom stereocenters. The van der Waals surface area contributed by atoms with E-state index >= 15 is 0 Å². The molecular weight excluding hydrogens is 435 g/mol. The van der Waals surface area contributed by atoms with Crippen LogP contribution in [0.25, 0.3) is 0 Å². The Kier molecular flexibility index (Phi) is 9.23. The SMILES string of the molecule is CCOC(=O)C1CCN(C(=NC)NCCc2c(C)noc2C)CC1.I. The fourth-order valence-electron chi connectivity index (χ4n) is 3.08. The molecule has 1 fully saturated rings. The Morgan fingerprint density at radius 3 is 2.60 bits per heavy atom. The van der Waals surface area contributed by atoms with Gasteiger partial charge in [-0.15, -0.1) is 24.0 Å². The first-order valence-electron chi connectivity index (χ1n) is 8.60. The van der Waals surface area contributed by atoms with E-state index in [0.29, 0.717) is 6.61 Å². The molecule has 1 aromatic rings. The molecule has 0 spiro atoms. The molecule has 2 heterocycles. The number of nitrogens with zero attached hydrogens (tertiary/aromatic N) is 3. The lowest BCUT2D eigenvalue weighted by Gasteiger charge is -2.33. The van der Waals surface area contributed by atoms with E-state index in [1.165, 1.54) is 0 Å². The summed E-state index contributed by atoms with van der Waals surface area (Å²) in [6.07, 6.45) is 2.46. The minimum atomic E-state index is -0.0708. The maximum Gasteiger partial charge on any atom is 0.309 e. The number of hydrogen-bond donors (Lipinski definition) is 1. The van der Waals surface area contributed by atoms with Gasteiger partial charge in [0.2, 0.25) is 0 Å². The lowest BCUT2D eigenvalue weighted by atomic mass is 9.97. The topological polar surface area (TPSA) is 80.0 Å². The highest BCUT2D eigenvalue weighted by Crippen LogP contribution is 2.19. The van der Waals surface area contributed by atoms with Crippen molar-refractivity contribution in [1.29, 1.82) is 0 Å². The molecule has 1 N–H and O–H groups in total. The number of piperidine rings is 1. The molecular formula is C17H29IN4O3. The van der Waals surface area contributed by atoms with Crippen molar-refractivity contribution in [2.24, 2.45) is 10.9 Å². The van der Waals surface area contributed by atoms with Crippen LogP contribution < -0.4 is 5.32 Å². The van der Waals surface area contributed by atoms with Crippen LogP contribution in [-0.4, -0.2) is 55.3 Å². The van der Waals surface area contributed by atoms with Gasteiger partial charge >= 0.3 is 5.97 Å². The van der Waals surface area contributed by atoms with Crippen LogP contribution in [0, 0.1) is 19.8 Å². The van der Waals surface area contributed by atoms with Crippen molar-refractivity contribution in [1.82, 2.24) is 15.4 Å². The second-order valence-corrected chi connectivity index (χ2v) is 6.04. The highest BCUT2D eigenvalue weighted by Gasteiger charge is 2.27. The third-order valence-electron chi connectivity index (χ3n) is 4.47. The Hall–Kier alpha value is -1.32. The third kappa shape index (κ3) is 5.86. The van der Waals surface area contributed by atoms with Crippen LogP contribution in [0.4, 0.5) is 0 Å². The maximum atomic E-state index is 11.8. The molecule has 1 aliphatic heterocycles. The van der Waals surface area contributed by atoms with Crippen molar-refractivity contribution in [2.75, 3.05) is 33.3 Å². The predicted octanol–water partition coefficient (Wildman–Crippen LogP) is 2.30. The fourth-order valence-corrected chi connectivity index (χ4v) is 3.08. The quantitative estimate of drug-likeness (QED) is 0.312. The Bertz CT molecular complexity index is 561. The van der Waals surface area contributed by atoms with Gasteiger partial charge in [0, 0.05) is 32.2 Å². The summed E-state index contributed by atoms with van der Waals surface area (Å²) in [5.41, 5.74) is 2.10. The van der Waals surface area contributed by atoms with Gasteiger partial charge in [0.25, 0.3) is 0 Å². The van der Waals surface area contributed by atoms with Crippen LogP contribution in [-0.2, 0) is 16.0 Å². The summed E-state index contributed by atoms with van der Waals surface area (Å²) in [4.78, 5) is 18.4. The van der Waals surface area contributed by atoms with Gasteiger partial charge in [-0.2, -0.15) is 0 Å². The predicted molar refractivity (Wildman–Crippen MR) is 107 cm³/mol. The Morgan fingerprint density at radius 1 is 1.40 bits per heavy atom. The number of carbonyl (C=O) groups excluding carboxylic acids is 1. The second-order valence-electron chi connectivity index (χ2n) is 6.04. The first-order valence-corrected chi connectivity index (χ1v) is 8.60. The van der Waals surface area contributed by atoms with Gasteiger partial charge in [0.1, 0.15) is 5.76 Å². The van der Waals surface area contributed by atoms with Crippen molar-refractivity contribution in [3.8, 4) is 0 Å². The average Bonchev–Trinajstić information content (AvgIpc) is 2.91. The minimum absolute atomic E-state index is 0. The minimum Gasteiger partial charge on any atom is -0.466 e. The van der Waals surface area contributed by atoms with E-state index in [9.17, 15) is 4.79 Å². The number of rotatable bonds is 5. The summed E-state index contributed by atoms with van der Waals surface area (Å²) in [6.45, 7) is 8.59. The molecule has 8 heteroatoms. The molecule has 25 heavy (non-hydrogen) atoms. The highest BCUT2D eigenvalue weighted by atomic mass is 127. The van der Waals surface area contributed by atoms with Gasteiger partial charge < -0.3 is 19.5 Å². The van der Waals surface area contributed by atoms with E-state index in [-0.39, 0.29) is 35.9 Å². The van der Waals surface area contributed by atoms with E-state index < -0.39 is 0 Å². The Balaban J connectivity index is 0.00000312. The van der Waals surface area contributed by atoms with E-state index in [0.717, 1.165) is 61.9 Å². The van der Waals surface area contributed by atoms with Gasteiger partial charge in [-0.25, -0.2) is 0 Å². The number of carbonyl (C=O) groups is 1. The molecule has 0 bridgehead atoms. The zero-order valence-electron chi connectivity index (χ0n) is 15.5. The van der Waals surface area contributed by atoms with Crippen molar-refractivity contribution < 1.29 is 14.1 Å². The van der Waals surface area contributed by atoms with Gasteiger partial charge in [-0.05, 0) is 40.0 Å². The summed E-state index contributed by atoms with van der Waals surface area (Å²) in [5.74, 6) is 1.70. The number of halogens is 1. The number of likely N-dealkylation sites (tertiary alicyclic amines) is 1. The van der Waals surface area contributed by atoms with Gasteiger partial charge in [0.15, 0.2) is 5.96 Å². The Morgan fingerprint density at radius 2 is 2.08 bits per heavy atom. The number of aromatic nitrogens is 1. The van der Waals surface area contributed by atoms with Crippen LogP contribution in [0.1, 0.15) is 36.8 Å². The zero-order valence-corrected chi connectivity index (χ0v) is 17.8. The summed E-state index contributed by atoms with van der Waals surface area (Å²) in [6, 6.07) is 0. The van der Waals surface area contributed by atoms with Crippen molar-refractivity contribution in [2.45, 2.75) is 40.0 Å². The van der Waals surface area contributed by atoms with Crippen LogP contribution in [0.3, 0.4) is 0 Å². The summed E-state index contributed by atoms with van der Waals surface area (Å²) in [7, 11) is 1.79. The highest BCUT2D eigenvalue weighted by molar-refractivity contribution is 14.0. The molecule has 1 saturated heterocycles. The molecule has 2 rings (SSSR count). The molecule has 0 aliphatic carbocycles. The molecule has 7 nitrogen and oxygen atoms in total. The molecule has 0 radical (unpaired) electrons. The molecule has 0 unspecified atom stereocenters. The number of ether oxygens (including phenoxy) is 1. The van der Waals surface area contributed by atoms with Crippen molar-refractivity contribution in [3.05, 3.63) is 17.0 Å². The standard InChI is InChI=1S/C17H28N4O3.HI/c1-5-23-16(22)14-7-10-21(11-8-14)17(18-4)19-9-6-15-12(2)20-24-13(15)3;/h14H,5-11H2,1-4H3,(H,18,19);1H. The summed E-state index contributed by atoms with van der Waals surface area (Å²) >= 11 is 0. The molecule has 0 amide bonds. The van der Waals surface area contributed by atoms with Crippen LogP contribution in [0.5, 0.6) is 0 Å². The first-order chi connectivity index (χ1) is 11.6. The average molecular weight is 464 g/mol. The largest absolute Gasteiger partial charge is 0.466 e. The monoisotopic (exact) mass is 464 g/mol. The molecule has 0 saturated carbocycles. The number of esters is 1. The lowest BCUT2D eigenvalue weighted by molar-refractivity contribution is -0.149. The van der Waals surface area contributed by atoms with E-state index in [1.807, 2.05) is 20.8 Å². The van der Waals surface area contributed by atoms with E-state index in [1.54, 1.807) is 7.05 Å². The van der Waals surface area contributed by atoms with Gasteiger partial charge in [-0.1, -0.05) is 5.16 Å². The number of aryl methyl sites for hydroxylation is 2. The number of nitrogens with one attached hydrogen (secondary N) is 1. The Labute approximate surface area is 166 Å². The normalized spacial score (nSPS) is 15.7. The molecule has 142 valence electrons. The molecule has 0 aromatic carbocycles.